The number of aryl methyl sites for hydroxylation is 1. The molecule has 6 heteroatoms. The van der Waals surface area contributed by atoms with Crippen molar-refractivity contribution < 1.29 is 19.1 Å². The molecule has 0 aliphatic rings. The van der Waals surface area contributed by atoms with E-state index in [0.717, 1.165) is 18.4 Å². The molecule has 1 rings (SSSR count). The van der Waals surface area contributed by atoms with E-state index in [-0.39, 0.29) is 5.91 Å². The molecule has 0 heterocycles. The Labute approximate surface area is 136 Å². The second kappa shape index (κ2) is 9.61. The van der Waals surface area contributed by atoms with Crippen molar-refractivity contribution in [3.05, 3.63) is 35.4 Å². The molecule has 0 saturated heterocycles. The highest BCUT2D eigenvalue weighted by molar-refractivity contribution is 5.92. The predicted molar refractivity (Wildman–Crippen MR) is 87.0 cm³/mol. The maximum atomic E-state index is 11.8. The van der Waals surface area contributed by atoms with Gasteiger partial charge in [0.05, 0.1) is 5.56 Å². The van der Waals surface area contributed by atoms with Crippen LogP contribution in [0.3, 0.4) is 0 Å². The Morgan fingerprint density at radius 1 is 1.13 bits per heavy atom. The van der Waals surface area contributed by atoms with Gasteiger partial charge in [-0.2, -0.15) is 0 Å². The van der Waals surface area contributed by atoms with Gasteiger partial charge in [-0.1, -0.05) is 26.0 Å². The molecule has 0 spiro atoms. The largest absolute Gasteiger partial charge is 0.452 e. The normalized spacial score (nSPS) is 11.4. The third kappa shape index (κ3) is 6.50. The molecule has 1 aromatic rings. The first-order valence-electron chi connectivity index (χ1n) is 7.81. The van der Waals surface area contributed by atoms with Gasteiger partial charge in [0.15, 0.2) is 6.61 Å². The highest BCUT2D eigenvalue weighted by atomic mass is 16.5. The average molecular weight is 320 g/mol. The van der Waals surface area contributed by atoms with Crippen LogP contribution in [-0.4, -0.2) is 37.0 Å². The first-order chi connectivity index (χ1) is 11.0. The van der Waals surface area contributed by atoms with Crippen LogP contribution in [0, 0.1) is 0 Å². The molecule has 1 aromatic carbocycles. The first kappa shape index (κ1) is 18.7. The van der Waals surface area contributed by atoms with E-state index in [4.69, 9.17) is 4.74 Å². The third-order valence-electron chi connectivity index (χ3n) is 3.25. The van der Waals surface area contributed by atoms with Crippen LogP contribution in [0.25, 0.3) is 0 Å². The Bertz CT molecular complexity index is 540. The third-order valence-corrected chi connectivity index (χ3v) is 3.25. The van der Waals surface area contributed by atoms with Crippen molar-refractivity contribution in [2.45, 2.75) is 39.7 Å². The van der Waals surface area contributed by atoms with Crippen molar-refractivity contribution in [1.29, 1.82) is 0 Å². The van der Waals surface area contributed by atoms with E-state index in [0.29, 0.717) is 12.1 Å². The molecule has 0 unspecified atom stereocenters. The van der Waals surface area contributed by atoms with Gasteiger partial charge < -0.3 is 15.4 Å². The van der Waals surface area contributed by atoms with Gasteiger partial charge in [0.1, 0.15) is 6.04 Å². The van der Waals surface area contributed by atoms with Gasteiger partial charge in [0.2, 0.25) is 5.91 Å². The fourth-order valence-electron chi connectivity index (χ4n) is 1.84. The van der Waals surface area contributed by atoms with Crippen molar-refractivity contribution in [1.82, 2.24) is 10.6 Å². The van der Waals surface area contributed by atoms with E-state index in [9.17, 15) is 14.4 Å². The monoisotopic (exact) mass is 320 g/mol. The molecule has 0 fully saturated rings. The summed E-state index contributed by atoms with van der Waals surface area (Å²) >= 11 is 0. The minimum absolute atomic E-state index is 0.262. The Morgan fingerprint density at radius 3 is 2.35 bits per heavy atom. The van der Waals surface area contributed by atoms with Gasteiger partial charge in [-0.3, -0.25) is 9.59 Å². The summed E-state index contributed by atoms with van der Waals surface area (Å²) in [7, 11) is 0. The van der Waals surface area contributed by atoms with Crippen LogP contribution in [0.5, 0.6) is 0 Å². The minimum atomic E-state index is -0.670. The molecule has 2 N–H and O–H groups in total. The summed E-state index contributed by atoms with van der Waals surface area (Å²) in [5.74, 6) is -1.34. The van der Waals surface area contributed by atoms with Gasteiger partial charge in [-0.25, -0.2) is 4.79 Å². The zero-order valence-electron chi connectivity index (χ0n) is 13.8. The topological polar surface area (TPSA) is 84.5 Å². The van der Waals surface area contributed by atoms with Gasteiger partial charge in [0, 0.05) is 6.54 Å². The molecule has 0 aromatic heterocycles. The molecule has 2 amide bonds. The van der Waals surface area contributed by atoms with E-state index in [2.05, 4.69) is 10.6 Å². The number of hydrogen-bond donors (Lipinski definition) is 2. The highest BCUT2D eigenvalue weighted by Crippen LogP contribution is 2.06. The number of nitrogens with one attached hydrogen (secondary N) is 2. The number of carbonyl (C=O) groups excluding carboxylic acids is 3. The molecular formula is C17H24N2O4. The Kier molecular flexibility index (Phi) is 7.80. The number of hydrogen-bond acceptors (Lipinski definition) is 4. The van der Waals surface area contributed by atoms with Crippen LogP contribution in [0.15, 0.2) is 24.3 Å². The second-order valence-corrected chi connectivity index (χ2v) is 5.21. The molecule has 0 aliphatic carbocycles. The van der Waals surface area contributed by atoms with Crippen molar-refractivity contribution in [2.24, 2.45) is 0 Å². The zero-order chi connectivity index (χ0) is 17.2. The van der Waals surface area contributed by atoms with Crippen molar-refractivity contribution in [3.8, 4) is 0 Å². The Hall–Kier alpha value is -2.37. The quantitative estimate of drug-likeness (QED) is 0.710. The van der Waals surface area contributed by atoms with Gasteiger partial charge in [0.25, 0.3) is 5.91 Å². The van der Waals surface area contributed by atoms with Crippen LogP contribution in [-0.2, 0) is 20.7 Å². The molecule has 0 radical (unpaired) electrons. The maximum absolute atomic E-state index is 11.8. The summed E-state index contributed by atoms with van der Waals surface area (Å²) in [6.45, 7) is 5.68. The van der Waals surface area contributed by atoms with E-state index in [1.807, 2.05) is 26.0 Å². The molecule has 0 aliphatic heterocycles. The molecule has 0 bridgehead atoms. The fraction of sp³-hybridized carbons (Fsp3) is 0.471. The van der Waals surface area contributed by atoms with E-state index >= 15 is 0 Å². The molecule has 23 heavy (non-hydrogen) atoms. The van der Waals surface area contributed by atoms with Crippen molar-refractivity contribution >= 4 is 17.8 Å². The summed E-state index contributed by atoms with van der Waals surface area (Å²) in [4.78, 5) is 35.2. The molecule has 6 nitrogen and oxygen atoms in total. The van der Waals surface area contributed by atoms with Crippen LogP contribution in [0.4, 0.5) is 0 Å². The predicted octanol–water partition coefficient (Wildman–Crippen LogP) is 1.44. The van der Waals surface area contributed by atoms with Crippen LogP contribution in [0.2, 0.25) is 0 Å². The molecule has 126 valence electrons. The lowest BCUT2D eigenvalue weighted by atomic mass is 10.1. The molecular weight excluding hydrogens is 296 g/mol. The van der Waals surface area contributed by atoms with Crippen molar-refractivity contribution in [3.63, 3.8) is 0 Å². The minimum Gasteiger partial charge on any atom is -0.452 e. The number of esters is 1. The standard InChI is InChI=1S/C17H24N2O4/c1-4-10-18-16(21)12(3)19-15(20)11-23-17(22)14-8-6-13(5-2)7-9-14/h6-9,12H,4-5,10-11H2,1-3H3,(H,18,21)(H,19,20)/t12-/m0/s1. The smallest absolute Gasteiger partial charge is 0.338 e. The Morgan fingerprint density at radius 2 is 1.78 bits per heavy atom. The lowest BCUT2D eigenvalue weighted by Crippen LogP contribution is -2.46. The lowest BCUT2D eigenvalue weighted by Gasteiger charge is -2.13. The number of amides is 2. The highest BCUT2D eigenvalue weighted by Gasteiger charge is 2.16. The Balaban J connectivity index is 2.39. The SMILES string of the molecule is CCCNC(=O)[C@H](C)NC(=O)COC(=O)c1ccc(CC)cc1. The summed E-state index contributed by atoms with van der Waals surface area (Å²) in [5, 5.41) is 5.16. The number of rotatable bonds is 8. The van der Waals surface area contributed by atoms with Crippen LogP contribution >= 0.6 is 0 Å². The summed E-state index contributed by atoms with van der Waals surface area (Å²) < 4.78 is 4.94. The lowest BCUT2D eigenvalue weighted by molar-refractivity contribution is -0.130. The van der Waals surface area contributed by atoms with E-state index in [1.54, 1.807) is 19.1 Å². The van der Waals surface area contributed by atoms with E-state index < -0.39 is 24.5 Å². The fourth-order valence-corrected chi connectivity index (χ4v) is 1.84. The summed E-state index contributed by atoms with van der Waals surface area (Å²) in [6, 6.07) is 6.35. The average Bonchev–Trinajstić information content (AvgIpc) is 2.57. The molecule has 0 saturated carbocycles. The van der Waals surface area contributed by atoms with E-state index in [1.165, 1.54) is 0 Å². The van der Waals surface area contributed by atoms with Crippen molar-refractivity contribution in [2.75, 3.05) is 13.2 Å². The van der Waals surface area contributed by atoms with Gasteiger partial charge >= 0.3 is 5.97 Å². The maximum Gasteiger partial charge on any atom is 0.338 e. The van der Waals surface area contributed by atoms with Crippen LogP contribution < -0.4 is 10.6 Å². The van der Waals surface area contributed by atoms with Crippen LogP contribution in [0.1, 0.15) is 43.1 Å². The molecule has 1 atom stereocenters. The summed E-state index contributed by atoms with van der Waals surface area (Å²) in [5.41, 5.74) is 1.51. The second-order valence-electron chi connectivity index (χ2n) is 5.21. The first-order valence-corrected chi connectivity index (χ1v) is 7.81. The number of benzene rings is 1. The summed E-state index contributed by atoms with van der Waals surface area (Å²) in [6.07, 6.45) is 1.70. The zero-order valence-corrected chi connectivity index (χ0v) is 13.8. The number of carbonyl (C=O) groups is 3. The number of ether oxygens (including phenoxy) is 1. The van der Waals surface area contributed by atoms with Gasteiger partial charge in [-0.05, 0) is 37.5 Å². The van der Waals surface area contributed by atoms with Gasteiger partial charge in [-0.15, -0.1) is 0 Å².